The minimum Gasteiger partial charge on any atom is -0.465 e. The Bertz CT molecular complexity index is 403. The lowest BCUT2D eigenvalue weighted by Crippen LogP contribution is -2.29. The van der Waals surface area contributed by atoms with Crippen molar-refractivity contribution < 1.29 is 9.53 Å². The maximum absolute atomic E-state index is 11.5. The second kappa shape index (κ2) is 5.78. The van der Waals surface area contributed by atoms with Crippen LogP contribution < -0.4 is 4.90 Å². The van der Waals surface area contributed by atoms with Gasteiger partial charge in [0, 0.05) is 18.8 Å². The maximum atomic E-state index is 11.5. The molecule has 5 heteroatoms. The first-order chi connectivity index (χ1) is 8.26. The minimum absolute atomic E-state index is 0.222. The summed E-state index contributed by atoms with van der Waals surface area (Å²) >= 11 is 3.40. The lowest BCUT2D eigenvalue weighted by atomic mass is 10.3. The standard InChI is InChI=1S/C12H17NO2S2/c1-3-4-5-13-6-7-16-12-9(13)8-10(17-12)11(14)15-2/h8H,3-7H2,1-2H3. The van der Waals surface area contributed by atoms with Gasteiger partial charge in [-0.2, -0.15) is 0 Å². The molecule has 2 rings (SSSR count). The van der Waals surface area contributed by atoms with Crippen molar-refractivity contribution in [2.75, 3.05) is 30.9 Å². The van der Waals surface area contributed by atoms with Crippen molar-refractivity contribution in [2.45, 2.75) is 24.0 Å². The lowest BCUT2D eigenvalue weighted by Gasteiger charge is -2.28. The third kappa shape index (κ3) is 2.77. The number of unbranched alkanes of at least 4 members (excludes halogenated alkanes) is 1. The highest BCUT2D eigenvalue weighted by atomic mass is 32.2. The van der Waals surface area contributed by atoms with Gasteiger partial charge in [-0.3, -0.25) is 0 Å². The van der Waals surface area contributed by atoms with Gasteiger partial charge in [-0.05, 0) is 12.5 Å². The van der Waals surface area contributed by atoms with E-state index in [9.17, 15) is 4.79 Å². The molecule has 0 saturated carbocycles. The van der Waals surface area contributed by atoms with Crippen LogP contribution in [0.2, 0.25) is 0 Å². The van der Waals surface area contributed by atoms with Crippen LogP contribution in [0.15, 0.2) is 10.3 Å². The summed E-state index contributed by atoms with van der Waals surface area (Å²) < 4.78 is 6.03. The van der Waals surface area contributed by atoms with Crippen LogP contribution in [-0.4, -0.2) is 31.9 Å². The van der Waals surface area contributed by atoms with E-state index < -0.39 is 0 Å². The van der Waals surface area contributed by atoms with E-state index in [2.05, 4.69) is 11.8 Å². The van der Waals surface area contributed by atoms with Crippen LogP contribution in [0.25, 0.3) is 0 Å². The Morgan fingerprint density at radius 1 is 1.59 bits per heavy atom. The molecule has 94 valence electrons. The van der Waals surface area contributed by atoms with E-state index in [0.29, 0.717) is 4.88 Å². The zero-order valence-corrected chi connectivity index (χ0v) is 11.8. The van der Waals surface area contributed by atoms with E-state index in [4.69, 9.17) is 4.74 Å². The molecule has 0 N–H and O–H groups in total. The molecule has 1 aliphatic heterocycles. The molecule has 0 unspecified atom stereocenters. The van der Waals surface area contributed by atoms with Crippen molar-refractivity contribution >= 4 is 34.8 Å². The summed E-state index contributed by atoms with van der Waals surface area (Å²) in [6.07, 6.45) is 2.40. The first-order valence-corrected chi connectivity index (χ1v) is 7.66. The molecule has 1 aromatic rings. The van der Waals surface area contributed by atoms with E-state index in [1.54, 1.807) is 11.3 Å². The number of nitrogens with zero attached hydrogens (tertiary/aromatic N) is 1. The number of fused-ring (bicyclic) bond motifs is 1. The van der Waals surface area contributed by atoms with E-state index in [1.807, 2.05) is 17.8 Å². The summed E-state index contributed by atoms with van der Waals surface area (Å²) in [4.78, 5) is 14.6. The molecule has 0 saturated heterocycles. The first kappa shape index (κ1) is 12.8. The van der Waals surface area contributed by atoms with Crippen LogP contribution >= 0.6 is 23.1 Å². The molecule has 0 fully saturated rings. The van der Waals surface area contributed by atoms with Crippen LogP contribution in [0.1, 0.15) is 29.4 Å². The predicted molar refractivity (Wildman–Crippen MR) is 73.5 cm³/mol. The number of rotatable bonds is 4. The SMILES string of the molecule is CCCCN1CCSc2sc(C(=O)OC)cc21. The summed E-state index contributed by atoms with van der Waals surface area (Å²) in [5, 5.41) is 0. The van der Waals surface area contributed by atoms with Gasteiger partial charge in [0.15, 0.2) is 0 Å². The van der Waals surface area contributed by atoms with Gasteiger partial charge in [0.25, 0.3) is 0 Å². The van der Waals surface area contributed by atoms with Gasteiger partial charge in [0.05, 0.1) is 17.0 Å². The smallest absolute Gasteiger partial charge is 0.348 e. The molecule has 0 amide bonds. The summed E-state index contributed by atoms with van der Waals surface area (Å²) in [5.74, 6) is 0.887. The molecule has 0 spiro atoms. The van der Waals surface area contributed by atoms with Crippen molar-refractivity contribution in [3.8, 4) is 0 Å². The molecule has 0 atom stereocenters. The third-order valence-electron chi connectivity index (χ3n) is 2.78. The molecule has 3 nitrogen and oxygen atoms in total. The number of esters is 1. The molecular weight excluding hydrogens is 254 g/mol. The van der Waals surface area contributed by atoms with Gasteiger partial charge in [0.1, 0.15) is 4.88 Å². The summed E-state index contributed by atoms with van der Waals surface area (Å²) in [6, 6.07) is 1.98. The van der Waals surface area contributed by atoms with E-state index in [1.165, 1.54) is 29.8 Å². The lowest BCUT2D eigenvalue weighted by molar-refractivity contribution is 0.0606. The monoisotopic (exact) mass is 271 g/mol. The Morgan fingerprint density at radius 3 is 3.12 bits per heavy atom. The highest BCUT2D eigenvalue weighted by Crippen LogP contribution is 2.41. The fourth-order valence-corrected chi connectivity index (χ4v) is 4.26. The molecule has 0 aromatic carbocycles. The highest BCUT2D eigenvalue weighted by Gasteiger charge is 2.22. The van der Waals surface area contributed by atoms with E-state index in [-0.39, 0.29) is 5.97 Å². The number of hydrogen-bond acceptors (Lipinski definition) is 5. The predicted octanol–water partition coefficient (Wildman–Crippen LogP) is 3.25. The van der Waals surface area contributed by atoms with Gasteiger partial charge < -0.3 is 9.64 Å². The van der Waals surface area contributed by atoms with Gasteiger partial charge in [-0.25, -0.2) is 4.79 Å². The normalized spacial score (nSPS) is 14.6. The Balaban J connectivity index is 2.19. The van der Waals surface area contributed by atoms with Gasteiger partial charge >= 0.3 is 5.97 Å². The van der Waals surface area contributed by atoms with Gasteiger partial charge in [-0.15, -0.1) is 23.1 Å². The van der Waals surface area contributed by atoms with Crippen molar-refractivity contribution in [1.29, 1.82) is 0 Å². The fraction of sp³-hybridized carbons (Fsp3) is 0.583. The second-order valence-corrected chi connectivity index (χ2v) is 6.38. The van der Waals surface area contributed by atoms with Crippen LogP contribution in [-0.2, 0) is 4.74 Å². The molecule has 1 aliphatic rings. The van der Waals surface area contributed by atoms with Gasteiger partial charge in [-0.1, -0.05) is 13.3 Å². The number of anilines is 1. The maximum Gasteiger partial charge on any atom is 0.348 e. The molecule has 1 aromatic heterocycles. The largest absolute Gasteiger partial charge is 0.465 e. The zero-order valence-electron chi connectivity index (χ0n) is 10.2. The average Bonchev–Trinajstić information content (AvgIpc) is 2.79. The minimum atomic E-state index is -0.222. The first-order valence-electron chi connectivity index (χ1n) is 5.86. The Hall–Kier alpha value is -0.680. The van der Waals surface area contributed by atoms with Crippen molar-refractivity contribution in [2.24, 2.45) is 0 Å². The van der Waals surface area contributed by atoms with Crippen molar-refractivity contribution in [3.63, 3.8) is 0 Å². The quantitative estimate of drug-likeness (QED) is 0.786. The van der Waals surface area contributed by atoms with E-state index in [0.717, 1.165) is 18.8 Å². The number of thiophene rings is 1. The number of carbonyl (C=O) groups is 1. The van der Waals surface area contributed by atoms with Crippen LogP contribution in [0.4, 0.5) is 5.69 Å². The van der Waals surface area contributed by atoms with Crippen molar-refractivity contribution in [3.05, 3.63) is 10.9 Å². The summed E-state index contributed by atoms with van der Waals surface area (Å²) in [5.41, 5.74) is 1.22. The zero-order chi connectivity index (χ0) is 12.3. The van der Waals surface area contributed by atoms with Crippen LogP contribution in [0.3, 0.4) is 0 Å². The summed E-state index contributed by atoms with van der Waals surface area (Å²) in [6.45, 7) is 4.36. The Morgan fingerprint density at radius 2 is 2.41 bits per heavy atom. The highest BCUT2D eigenvalue weighted by molar-refractivity contribution is 8.01. The molecule has 0 bridgehead atoms. The molecule has 17 heavy (non-hydrogen) atoms. The number of thioether (sulfide) groups is 1. The fourth-order valence-electron chi connectivity index (χ4n) is 1.84. The number of ether oxygens (including phenoxy) is 1. The number of methoxy groups -OCH3 is 1. The number of carbonyl (C=O) groups excluding carboxylic acids is 1. The van der Waals surface area contributed by atoms with Gasteiger partial charge in [0.2, 0.25) is 0 Å². The topological polar surface area (TPSA) is 29.5 Å². The molecule has 0 aliphatic carbocycles. The number of hydrogen-bond donors (Lipinski definition) is 0. The summed E-state index contributed by atoms with van der Waals surface area (Å²) in [7, 11) is 1.43. The second-order valence-electron chi connectivity index (χ2n) is 3.96. The van der Waals surface area contributed by atoms with Crippen molar-refractivity contribution in [1.82, 2.24) is 0 Å². The molecule has 0 radical (unpaired) electrons. The van der Waals surface area contributed by atoms with Crippen LogP contribution in [0, 0.1) is 0 Å². The van der Waals surface area contributed by atoms with E-state index >= 15 is 0 Å². The molecule has 2 heterocycles. The average molecular weight is 271 g/mol. The Labute approximate surface area is 110 Å². The third-order valence-corrected chi connectivity index (χ3v) is 5.14. The van der Waals surface area contributed by atoms with Crippen LogP contribution in [0.5, 0.6) is 0 Å². The Kier molecular flexibility index (Phi) is 4.34. The molecular formula is C12H17NO2S2.